The van der Waals surface area contributed by atoms with E-state index in [1.54, 1.807) is 31.2 Å². The van der Waals surface area contributed by atoms with E-state index in [9.17, 15) is 19.7 Å². The maximum absolute atomic E-state index is 11.9. The average molecular weight is 358 g/mol. The van der Waals surface area contributed by atoms with Crippen LogP contribution in [0.1, 0.15) is 11.1 Å². The highest BCUT2D eigenvalue weighted by molar-refractivity contribution is 5.93. The van der Waals surface area contributed by atoms with E-state index in [1.165, 1.54) is 25.3 Å². The van der Waals surface area contributed by atoms with Crippen molar-refractivity contribution in [3.63, 3.8) is 0 Å². The van der Waals surface area contributed by atoms with Gasteiger partial charge in [0, 0.05) is 17.8 Å². The van der Waals surface area contributed by atoms with E-state index in [4.69, 9.17) is 9.47 Å². The highest BCUT2D eigenvalue weighted by Gasteiger charge is 2.12. The normalized spacial score (nSPS) is 10.1. The molecule has 136 valence electrons. The van der Waals surface area contributed by atoms with Crippen LogP contribution in [0.5, 0.6) is 5.75 Å². The Labute approximate surface area is 149 Å². The molecule has 0 aliphatic heterocycles. The minimum atomic E-state index is -0.547. The number of anilines is 1. The Balaban J connectivity index is 1.86. The molecule has 8 heteroatoms. The highest BCUT2D eigenvalue weighted by atomic mass is 16.6. The van der Waals surface area contributed by atoms with Gasteiger partial charge < -0.3 is 14.8 Å². The van der Waals surface area contributed by atoms with Gasteiger partial charge in [-0.1, -0.05) is 12.1 Å². The number of amides is 1. The molecule has 26 heavy (non-hydrogen) atoms. The summed E-state index contributed by atoms with van der Waals surface area (Å²) in [7, 11) is 1.53. The number of non-ortho nitro benzene ring substituents is 1. The quantitative estimate of drug-likeness (QED) is 0.463. The average Bonchev–Trinajstić information content (AvgIpc) is 2.61. The number of nitrogens with zero attached hydrogens (tertiary/aromatic N) is 1. The van der Waals surface area contributed by atoms with Crippen molar-refractivity contribution in [3.8, 4) is 5.75 Å². The van der Waals surface area contributed by atoms with Gasteiger partial charge >= 0.3 is 5.97 Å². The third-order valence-electron chi connectivity index (χ3n) is 3.54. The molecule has 0 bridgehead atoms. The van der Waals surface area contributed by atoms with Crippen LogP contribution < -0.4 is 10.1 Å². The molecule has 0 aliphatic carbocycles. The van der Waals surface area contributed by atoms with Crippen molar-refractivity contribution in [1.82, 2.24) is 0 Å². The number of hydrogen-bond donors (Lipinski definition) is 1. The minimum Gasteiger partial charge on any atom is -0.497 e. The lowest BCUT2D eigenvalue weighted by Crippen LogP contribution is -2.22. The first-order valence-corrected chi connectivity index (χ1v) is 7.72. The lowest BCUT2D eigenvalue weighted by Gasteiger charge is -2.09. The largest absolute Gasteiger partial charge is 0.497 e. The fourth-order valence-electron chi connectivity index (χ4n) is 2.23. The molecule has 0 fully saturated rings. The monoisotopic (exact) mass is 358 g/mol. The topological polar surface area (TPSA) is 108 Å². The summed E-state index contributed by atoms with van der Waals surface area (Å²) in [5.74, 6) is -0.448. The molecule has 0 spiro atoms. The maximum atomic E-state index is 11.9. The Morgan fingerprint density at radius 2 is 1.96 bits per heavy atom. The Hall–Kier alpha value is -3.42. The number of methoxy groups -OCH3 is 1. The van der Waals surface area contributed by atoms with Crippen molar-refractivity contribution < 1.29 is 24.0 Å². The molecule has 2 aromatic rings. The number of nitrogens with one attached hydrogen (secondary N) is 1. The van der Waals surface area contributed by atoms with E-state index in [-0.39, 0.29) is 12.1 Å². The molecule has 0 aromatic heterocycles. The van der Waals surface area contributed by atoms with Crippen LogP contribution in [-0.4, -0.2) is 30.5 Å². The van der Waals surface area contributed by atoms with E-state index >= 15 is 0 Å². The zero-order chi connectivity index (χ0) is 19.1. The highest BCUT2D eigenvalue weighted by Crippen LogP contribution is 2.21. The Bertz CT molecular complexity index is 834. The molecule has 0 radical (unpaired) electrons. The van der Waals surface area contributed by atoms with Crippen molar-refractivity contribution in [2.75, 3.05) is 19.0 Å². The van der Waals surface area contributed by atoms with Crippen molar-refractivity contribution in [2.24, 2.45) is 0 Å². The number of carbonyl (C=O) groups is 2. The van der Waals surface area contributed by atoms with Gasteiger partial charge in [0.25, 0.3) is 11.6 Å². The van der Waals surface area contributed by atoms with Crippen LogP contribution in [0.25, 0.3) is 0 Å². The summed E-state index contributed by atoms with van der Waals surface area (Å²) in [5, 5.41) is 13.3. The number of carbonyl (C=O) groups excluding carboxylic acids is 2. The number of nitro groups is 1. The number of rotatable bonds is 7. The molecule has 0 unspecified atom stereocenters. The number of esters is 1. The molecule has 8 nitrogen and oxygen atoms in total. The number of benzene rings is 2. The van der Waals surface area contributed by atoms with Crippen LogP contribution in [0.15, 0.2) is 42.5 Å². The third-order valence-corrected chi connectivity index (χ3v) is 3.54. The van der Waals surface area contributed by atoms with Gasteiger partial charge in [-0.15, -0.1) is 0 Å². The van der Waals surface area contributed by atoms with E-state index in [0.717, 1.165) is 0 Å². The van der Waals surface area contributed by atoms with Gasteiger partial charge in [0.2, 0.25) is 0 Å². The molecule has 0 heterocycles. The van der Waals surface area contributed by atoms with Crippen molar-refractivity contribution in [3.05, 3.63) is 63.7 Å². The molecule has 0 saturated heterocycles. The molecule has 1 amide bonds. The summed E-state index contributed by atoms with van der Waals surface area (Å²) < 4.78 is 10.0. The summed E-state index contributed by atoms with van der Waals surface area (Å²) in [5.41, 5.74) is 1.60. The molecule has 2 aromatic carbocycles. The van der Waals surface area contributed by atoms with Crippen molar-refractivity contribution in [1.29, 1.82) is 0 Å². The summed E-state index contributed by atoms with van der Waals surface area (Å²) in [6.45, 7) is 1.19. The molecule has 0 aliphatic rings. The second kappa shape index (κ2) is 8.61. The number of aryl methyl sites for hydroxylation is 1. The van der Waals surface area contributed by atoms with Gasteiger partial charge in [-0.2, -0.15) is 0 Å². The molecular formula is C18H18N2O6. The van der Waals surface area contributed by atoms with E-state index in [0.29, 0.717) is 22.6 Å². The molecular weight excluding hydrogens is 340 g/mol. The summed E-state index contributed by atoms with van der Waals surface area (Å²) >= 11 is 0. The first-order valence-electron chi connectivity index (χ1n) is 7.72. The molecule has 2 rings (SSSR count). The zero-order valence-corrected chi connectivity index (χ0v) is 14.4. The van der Waals surface area contributed by atoms with E-state index in [2.05, 4.69) is 5.32 Å². The zero-order valence-electron chi connectivity index (χ0n) is 14.4. The Morgan fingerprint density at radius 3 is 2.62 bits per heavy atom. The van der Waals surface area contributed by atoms with Crippen LogP contribution in [0.4, 0.5) is 11.4 Å². The van der Waals surface area contributed by atoms with Crippen molar-refractivity contribution >= 4 is 23.3 Å². The lowest BCUT2D eigenvalue weighted by atomic mass is 10.1. The molecule has 0 atom stereocenters. The summed E-state index contributed by atoms with van der Waals surface area (Å²) in [6, 6.07) is 11.1. The van der Waals surface area contributed by atoms with Crippen molar-refractivity contribution in [2.45, 2.75) is 13.3 Å². The maximum Gasteiger partial charge on any atom is 0.310 e. The van der Waals surface area contributed by atoms with E-state index < -0.39 is 23.4 Å². The van der Waals surface area contributed by atoms with Crippen LogP contribution in [0.3, 0.4) is 0 Å². The SMILES string of the molecule is COc1cccc(CC(=O)OCC(=O)Nc2ccc([N+](=O)[O-])cc2C)c1. The van der Waals surface area contributed by atoms with Crippen LogP contribution in [0.2, 0.25) is 0 Å². The van der Waals surface area contributed by atoms with Gasteiger partial charge in [-0.05, 0) is 36.2 Å². The van der Waals surface area contributed by atoms with Gasteiger partial charge in [0.1, 0.15) is 5.75 Å². The third kappa shape index (κ3) is 5.30. The standard InChI is InChI=1S/C18H18N2O6/c1-12-8-14(20(23)24)6-7-16(12)19-17(21)11-26-18(22)10-13-4-3-5-15(9-13)25-2/h3-9H,10-11H2,1-2H3,(H,19,21). The first kappa shape index (κ1) is 18.9. The van der Waals surface area contributed by atoms with Crippen LogP contribution >= 0.6 is 0 Å². The van der Waals surface area contributed by atoms with Crippen LogP contribution in [-0.2, 0) is 20.7 Å². The second-order valence-corrected chi connectivity index (χ2v) is 5.49. The van der Waals surface area contributed by atoms with Gasteiger partial charge in [-0.3, -0.25) is 19.7 Å². The number of ether oxygens (including phenoxy) is 2. The smallest absolute Gasteiger partial charge is 0.310 e. The summed E-state index contributed by atoms with van der Waals surface area (Å²) in [4.78, 5) is 33.9. The number of nitro benzene ring substituents is 1. The fourth-order valence-corrected chi connectivity index (χ4v) is 2.23. The van der Waals surface area contributed by atoms with E-state index in [1.807, 2.05) is 0 Å². The first-order chi connectivity index (χ1) is 12.4. The number of hydrogen-bond acceptors (Lipinski definition) is 6. The minimum absolute atomic E-state index is 0.0149. The van der Waals surface area contributed by atoms with Crippen LogP contribution in [0, 0.1) is 17.0 Å². The Morgan fingerprint density at radius 1 is 1.19 bits per heavy atom. The second-order valence-electron chi connectivity index (χ2n) is 5.49. The van der Waals surface area contributed by atoms with Gasteiger partial charge in [-0.25, -0.2) is 0 Å². The fraction of sp³-hybridized carbons (Fsp3) is 0.222. The molecule has 1 N–H and O–H groups in total. The Kier molecular flexibility index (Phi) is 6.26. The predicted octanol–water partition coefficient (Wildman–Crippen LogP) is 2.64. The lowest BCUT2D eigenvalue weighted by molar-refractivity contribution is -0.384. The van der Waals surface area contributed by atoms with Gasteiger partial charge in [0.15, 0.2) is 6.61 Å². The molecule has 0 saturated carbocycles. The predicted molar refractivity (Wildman–Crippen MR) is 94.1 cm³/mol. The summed E-state index contributed by atoms with van der Waals surface area (Å²) in [6.07, 6.45) is 0.0149. The van der Waals surface area contributed by atoms with Gasteiger partial charge in [0.05, 0.1) is 18.5 Å².